The van der Waals surface area contributed by atoms with Gasteiger partial charge in [0.15, 0.2) is 5.65 Å². The van der Waals surface area contributed by atoms with Gasteiger partial charge in [-0.15, -0.1) is 0 Å². The van der Waals surface area contributed by atoms with Crippen LogP contribution < -0.4 is 4.90 Å². The number of benzene rings is 2. The third-order valence-electron chi connectivity index (χ3n) is 4.95. The first kappa shape index (κ1) is 15.1. The van der Waals surface area contributed by atoms with E-state index < -0.39 is 0 Å². The van der Waals surface area contributed by atoms with Crippen molar-refractivity contribution in [1.82, 2.24) is 14.5 Å². The molecular formula is C20H23N4+. The fraction of sp³-hybridized carbons (Fsp3) is 0.300. The second-order valence-electron chi connectivity index (χ2n) is 6.26. The second-order valence-corrected chi connectivity index (χ2v) is 6.26. The molecule has 4 nitrogen and oxygen atoms in total. The summed E-state index contributed by atoms with van der Waals surface area (Å²) in [5.74, 6) is 0. The monoisotopic (exact) mass is 319 g/mol. The molecule has 0 unspecified atom stereocenters. The lowest BCUT2D eigenvalue weighted by Gasteiger charge is -2.16. The fourth-order valence-corrected chi connectivity index (χ4v) is 3.48. The van der Waals surface area contributed by atoms with Crippen LogP contribution in [0.5, 0.6) is 0 Å². The number of hydrogen-bond acceptors (Lipinski definition) is 2. The molecule has 0 aliphatic carbocycles. The molecule has 0 aliphatic rings. The summed E-state index contributed by atoms with van der Waals surface area (Å²) in [6, 6.07) is 16.6. The summed E-state index contributed by atoms with van der Waals surface area (Å²) < 4.78 is 2.34. The number of hydrogen-bond donors (Lipinski definition) is 1. The SMILES string of the molecule is CC[NH+](CC)CCn1c2ccccc2c2nc3ccccc3nc21. The molecule has 0 fully saturated rings. The number of rotatable bonds is 5. The van der Waals surface area contributed by atoms with Crippen molar-refractivity contribution in [3.8, 4) is 0 Å². The first-order chi connectivity index (χ1) is 11.8. The normalized spacial score (nSPS) is 12.0. The van der Waals surface area contributed by atoms with E-state index in [1.807, 2.05) is 24.3 Å². The molecule has 4 aromatic rings. The van der Waals surface area contributed by atoms with Crippen molar-refractivity contribution in [2.24, 2.45) is 0 Å². The molecule has 4 heteroatoms. The molecule has 0 spiro atoms. The molecular weight excluding hydrogens is 296 g/mol. The number of aromatic nitrogens is 3. The highest BCUT2D eigenvalue weighted by Gasteiger charge is 2.15. The van der Waals surface area contributed by atoms with E-state index in [2.05, 4.69) is 42.7 Å². The van der Waals surface area contributed by atoms with Crippen molar-refractivity contribution in [3.05, 3.63) is 48.5 Å². The lowest BCUT2D eigenvalue weighted by molar-refractivity contribution is -0.897. The minimum Gasteiger partial charge on any atom is -0.334 e. The average Bonchev–Trinajstić information content (AvgIpc) is 2.94. The topological polar surface area (TPSA) is 35.2 Å². The molecule has 0 amide bonds. The van der Waals surface area contributed by atoms with Crippen molar-refractivity contribution in [3.63, 3.8) is 0 Å². The van der Waals surface area contributed by atoms with Crippen LogP contribution >= 0.6 is 0 Å². The molecule has 122 valence electrons. The summed E-state index contributed by atoms with van der Waals surface area (Å²) in [7, 11) is 0. The largest absolute Gasteiger partial charge is 0.334 e. The van der Waals surface area contributed by atoms with Crippen LogP contribution in [-0.4, -0.2) is 34.2 Å². The van der Waals surface area contributed by atoms with E-state index in [0.717, 1.165) is 48.4 Å². The summed E-state index contributed by atoms with van der Waals surface area (Å²) >= 11 is 0. The van der Waals surface area contributed by atoms with E-state index in [4.69, 9.17) is 9.97 Å². The van der Waals surface area contributed by atoms with Gasteiger partial charge in [0.25, 0.3) is 0 Å². The van der Waals surface area contributed by atoms with E-state index in [-0.39, 0.29) is 0 Å². The fourth-order valence-electron chi connectivity index (χ4n) is 3.48. The minimum absolute atomic E-state index is 0.960. The summed E-state index contributed by atoms with van der Waals surface area (Å²) in [4.78, 5) is 11.4. The first-order valence-corrected chi connectivity index (χ1v) is 8.79. The molecule has 24 heavy (non-hydrogen) atoms. The van der Waals surface area contributed by atoms with Crippen LogP contribution in [0.25, 0.3) is 33.1 Å². The molecule has 0 atom stereocenters. The highest BCUT2D eigenvalue weighted by atomic mass is 15.2. The number of para-hydroxylation sites is 3. The number of likely N-dealkylation sites (N-methyl/N-ethyl adjacent to an activating group) is 1. The van der Waals surface area contributed by atoms with Crippen LogP contribution in [0, 0.1) is 0 Å². The Morgan fingerprint density at radius 2 is 1.54 bits per heavy atom. The number of nitrogens with zero attached hydrogens (tertiary/aromatic N) is 3. The predicted octanol–water partition coefficient (Wildman–Crippen LogP) is 2.66. The van der Waals surface area contributed by atoms with Crippen LogP contribution in [0.3, 0.4) is 0 Å². The maximum Gasteiger partial charge on any atom is 0.160 e. The van der Waals surface area contributed by atoms with Crippen molar-refractivity contribution in [2.75, 3.05) is 19.6 Å². The van der Waals surface area contributed by atoms with Crippen molar-refractivity contribution in [1.29, 1.82) is 0 Å². The Labute approximate surface area is 141 Å². The van der Waals surface area contributed by atoms with Crippen LogP contribution in [0.15, 0.2) is 48.5 Å². The van der Waals surface area contributed by atoms with Gasteiger partial charge in [-0.3, -0.25) is 0 Å². The predicted molar refractivity (Wildman–Crippen MR) is 99.5 cm³/mol. The second kappa shape index (κ2) is 6.21. The van der Waals surface area contributed by atoms with E-state index in [1.165, 1.54) is 10.9 Å². The zero-order valence-corrected chi connectivity index (χ0v) is 14.3. The molecule has 0 radical (unpaired) electrons. The standard InChI is InChI=1S/C20H22N4/c1-3-23(4-2)13-14-24-18-12-8-5-9-15(18)19-20(24)22-17-11-7-6-10-16(17)21-19/h5-12H,3-4,13-14H2,1-2H3/p+1. The van der Waals surface area contributed by atoms with Gasteiger partial charge < -0.3 is 9.47 Å². The maximum absolute atomic E-state index is 4.94. The molecule has 4 rings (SSSR count). The molecule has 0 saturated carbocycles. The minimum atomic E-state index is 0.960. The molecule has 2 aromatic heterocycles. The number of fused-ring (bicyclic) bond motifs is 4. The highest BCUT2D eigenvalue weighted by Crippen LogP contribution is 2.27. The summed E-state index contributed by atoms with van der Waals surface area (Å²) in [5, 5.41) is 1.19. The van der Waals surface area contributed by atoms with Crippen LogP contribution in [-0.2, 0) is 6.54 Å². The van der Waals surface area contributed by atoms with Crippen molar-refractivity contribution >= 4 is 33.1 Å². The molecule has 0 aliphatic heterocycles. The third-order valence-corrected chi connectivity index (χ3v) is 4.95. The van der Waals surface area contributed by atoms with Gasteiger partial charge in [0.2, 0.25) is 0 Å². The Kier molecular flexibility index (Phi) is 3.90. The molecule has 2 aromatic carbocycles. The lowest BCUT2D eigenvalue weighted by atomic mass is 10.2. The molecule has 1 N–H and O–H groups in total. The Balaban J connectivity index is 1.93. The van der Waals surface area contributed by atoms with Crippen LogP contribution in [0.1, 0.15) is 13.8 Å². The quantitative estimate of drug-likeness (QED) is 0.614. The summed E-state index contributed by atoms with van der Waals surface area (Å²) in [6.07, 6.45) is 0. The summed E-state index contributed by atoms with van der Waals surface area (Å²) in [6.45, 7) is 8.88. The Morgan fingerprint density at radius 1 is 0.875 bits per heavy atom. The van der Waals surface area contributed by atoms with E-state index in [0.29, 0.717) is 0 Å². The maximum atomic E-state index is 4.94. The van der Waals surface area contributed by atoms with Gasteiger partial charge in [0.1, 0.15) is 5.52 Å². The number of quaternary nitrogens is 1. The van der Waals surface area contributed by atoms with Crippen LogP contribution in [0.2, 0.25) is 0 Å². The molecule has 0 saturated heterocycles. The lowest BCUT2D eigenvalue weighted by Crippen LogP contribution is -3.11. The Morgan fingerprint density at radius 3 is 2.29 bits per heavy atom. The Hall–Kier alpha value is -2.46. The van der Waals surface area contributed by atoms with Gasteiger partial charge in [-0.2, -0.15) is 0 Å². The van der Waals surface area contributed by atoms with Gasteiger partial charge in [-0.05, 0) is 32.0 Å². The summed E-state index contributed by atoms with van der Waals surface area (Å²) in [5.41, 5.74) is 5.17. The highest BCUT2D eigenvalue weighted by molar-refractivity contribution is 6.06. The van der Waals surface area contributed by atoms with Crippen molar-refractivity contribution in [2.45, 2.75) is 20.4 Å². The van der Waals surface area contributed by atoms with Gasteiger partial charge in [-0.1, -0.05) is 30.3 Å². The van der Waals surface area contributed by atoms with Gasteiger partial charge in [0, 0.05) is 5.39 Å². The smallest absolute Gasteiger partial charge is 0.160 e. The van der Waals surface area contributed by atoms with E-state index >= 15 is 0 Å². The van der Waals surface area contributed by atoms with Gasteiger partial charge >= 0.3 is 0 Å². The Bertz CT molecular complexity index is 998. The number of nitrogens with one attached hydrogen (secondary N) is 1. The van der Waals surface area contributed by atoms with E-state index in [9.17, 15) is 0 Å². The first-order valence-electron chi connectivity index (χ1n) is 8.79. The molecule has 0 bridgehead atoms. The van der Waals surface area contributed by atoms with E-state index in [1.54, 1.807) is 4.90 Å². The van der Waals surface area contributed by atoms with Crippen LogP contribution in [0.4, 0.5) is 0 Å². The van der Waals surface area contributed by atoms with Gasteiger partial charge in [-0.25, -0.2) is 9.97 Å². The zero-order valence-electron chi connectivity index (χ0n) is 14.3. The average molecular weight is 319 g/mol. The molecule has 2 heterocycles. The van der Waals surface area contributed by atoms with Gasteiger partial charge in [0.05, 0.1) is 42.7 Å². The zero-order chi connectivity index (χ0) is 16.5. The van der Waals surface area contributed by atoms with Crippen molar-refractivity contribution < 1.29 is 4.90 Å². The third kappa shape index (κ3) is 2.43.